The highest BCUT2D eigenvalue weighted by Crippen LogP contribution is 2.37. The molecular formula is C21H19N5OS. The first kappa shape index (κ1) is 17.1. The summed E-state index contributed by atoms with van der Waals surface area (Å²) < 4.78 is 5.93. The summed E-state index contributed by atoms with van der Waals surface area (Å²) in [4.78, 5) is 15.5. The highest BCUT2D eigenvalue weighted by molar-refractivity contribution is 7.19. The number of hydrogen-bond acceptors (Lipinski definition) is 7. The van der Waals surface area contributed by atoms with Gasteiger partial charge in [-0.3, -0.25) is 4.98 Å². The number of nitrogens with one attached hydrogen (secondary N) is 2. The molecule has 0 unspecified atom stereocenters. The van der Waals surface area contributed by atoms with Crippen molar-refractivity contribution in [2.75, 3.05) is 11.9 Å². The Kier molecular flexibility index (Phi) is 4.38. The minimum atomic E-state index is 0.724. The van der Waals surface area contributed by atoms with Gasteiger partial charge in [-0.15, -0.1) is 11.3 Å². The van der Waals surface area contributed by atoms with Crippen molar-refractivity contribution >= 4 is 33.1 Å². The number of nitrogens with zero attached hydrogens (tertiary/aromatic N) is 3. The van der Waals surface area contributed by atoms with E-state index >= 15 is 0 Å². The number of fused-ring (bicyclic) bond motifs is 3. The SMILES string of the molecule is Cc1cc(Nc2ncnc3sc4c(c23)CCNC4)ccc1Oc1cccnc1. The fourth-order valence-corrected chi connectivity index (χ4v) is 4.62. The van der Waals surface area contributed by atoms with Gasteiger partial charge in [0.1, 0.15) is 28.5 Å². The molecule has 0 amide bonds. The van der Waals surface area contributed by atoms with E-state index in [0.717, 1.165) is 58.3 Å². The summed E-state index contributed by atoms with van der Waals surface area (Å²) in [5.74, 6) is 2.40. The molecule has 1 aliphatic heterocycles. The molecule has 0 aliphatic carbocycles. The molecule has 0 fully saturated rings. The molecule has 1 aliphatic rings. The zero-order valence-electron chi connectivity index (χ0n) is 15.4. The fourth-order valence-electron chi connectivity index (χ4n) is 3.47. The predicted octanol–water partition coefficient (Wildman–Crippen LogP) is 4.58. The van der Waals surface area contributed by atoms with E-state index in [1.165, 1.54) is 10.4 Å². The van der Waals surface area contributed by atoms with Crippen LogP contribution >= 0.6 is 11.3 Å². The van der Waals surface area contributed by atoms with Crippen molar-refractivity contribution in [1.29, 1.82) is 0 Å². The number of hydrogen-bond donors (Lipinski definition) is 2. The topological polar surface area (TPSA) is 72.0 Å². The van der Waals surface area contributed by atoms with Crippen LogP contribution in [-0.2, 0) is 13.0 Å². The maximum absolute atomic E-state index is 5.93. The van der Waals surface area contributed by atoms with Gasteiger partial charge in [-0.05, 0) is 61.3 Å². The molecule has 0 saturated carbocycles. The highest BCUT2D eigenvalue weighted by Gasteiger charge is 2.19. The van der Waals surface area contributed by atoms with Crippen LogP contribution in [0.5, 0.6) is 11.5 Å². The van der Waals surface area contributed by atoms with Crippen LogP contribution in [0.25, 0.3) is 10.2 Å². The first-order valence-electron chi connectivity index (χ1n) is 9.19. The maximum Gasteiger partial charge on any atom is 0.145 e. The highest BCUT2D eigenvalue weighted by atomic mass is 32.1. The predicted molar refractivity (Wildman–Crippen MR) is 112 cm³/mol. The lowest BCUT2D eigenvalue weighted by molar-refractivity contribution is 0.476. The third-order valence-corrected chi connectivity index (χ3v) is 5.95. The van der Waals surface area contributed by atoms with Gasteiger partial charge in [0.05, 0.1) is 11.6 Å². The average molecular weight is 389 g/mol. The summed E-state index contributed by atoms with van der Waals surface area (Å²) in [6.45, 7) is 3.94. The fraction of sp³-hybridized carbons (Fsp3) is 0.190. The Morgan fingerprint density at radius 3 is 3.04 bits per heavy atom. The van der Waals surface area contributed by atoms with E-state index < -0.39 is 0 Å². The molecule has 2 N–H and O–H groups in total. The smallest absolute Gasteiger partial charge is 0.145 e. The van der Waals surface area contributed by atoms with Gasteiger partial charge in [-0.2, -0.15) is 0 Å². The first-order valence-corrected chi connectivity index (χ1v) is 10.0. The van der Waals surface area contributed by atoms with E-state index in [1.807, 2.05) is 31.2 Å². The minimum Gasteiger partial charge on any atom is -0.455 e. The molecule has 5 rings (SSSR count). The van der Waals surface area contributed by atoms with Crippen molar-refractivity contribution in [3.05, 3.63) is 65.1 Å². The van der Waals surface area contributed by atoms with Crippen LogP contribution in [0.2, 0.25) is 0 Å². The molecular weight excluding hydrogens is 370 g/mol. The van der Waals surface area contributed by atoms with Crippen LogP contribution in [0.15, 0.2) is 49.1 Å². The second-order valence-corrected chi connectivity index (χ2v) is 7.81. The zero-order valence-corrected chi connectivity index (χ0v) is 16.2. The van der Waals surface area contributed by atoms with Crippen molar-refractivity contribution in [3.63, 3.8) is 0 Å². The molecule has 0 spiro atoms. The Hall–Kier alpha value is -3.03. The van der Waals surface area contributed by atoms with E-state index in [1.54, 1.807) is 30.1 Å². The standard InChI is InChI=1S/C21H19N5OS/c1-13-9-14(4-5-17(13)27-15-3-2-7-22-10-15)26-20-19-16-6-8-23-11-18(16)28-21(19)25-12-24-20/h2-5,7,9-10,12,23H,6,8,11H2,1H3,(H,24,25,26). The van der Waals surface area contributed by atoms with Gasteiger partial charge in [0, 0.05) is 23.3 Å². The van der Waals surface area contributed by atoms with Crippen LogP contribution in [0.1, 0.15) is 16.0 Å². The first-order chi connectivity index (χ1) is 13.8. The average Bonchev–Trinajstić information content (AvgIpc) is 3.10. The van der Waals surface area contributed by atoms with Gasteiger partial charge in [0.25, 0.3) is 0 Å². The molecule has 0 saturated heterocycles. The summed E-state index contributed by atoms with van der Waals surface area (Å²) in [7, 11) is 0. The van der Waals surface area contributed by atoms with Gasteiger partial charge < -0.3 is 15.4 Å². The van der Waals surface area contributed by atoms with Crippen molar-refractivity contribution < 1.29 is 4.74 Å². The summed E-state index contributed by atoms with van der Waals surface area (Å²) in [6, 6.07) is 9.80. The number of pyridine rings is 1. The molecule has 4 heterocycles. The van der Waals surface area contributed by atoms with Crippen LogP contribution in [0.3, 0.4) is 0 Å². The van der Waals surface area contributed by atoms with Crippen LogP contribution in [0, 0.1) is 6.92 Å². The van der Waals surface area contributed by atoms with Gasteiger partial charge >= 0.3 is 0 Å². The van der Waals surface area contributed by atoms with Gasteiger partial charge in [-0.1, -0.05) is 0 Å². The van der Waals surface area contributed by atoms with Crippen LogP contribution < -0.4 is 15.4 Å². The molecule has 140 valence electrons. The molecule has 6 nitrogen and oxygen atoms in total. The number of rotatable bonds is 4. The number of benzene rings is 1. The zero-order chi connectivity index (χ0) is 18.9. The van der Waals surface area contributed by atoms with Gasteiger partial charge in [0.2, 0.25) is 0 Å². The lowest BCUT2D eigenvalue weighted by Crippen LogP contribution is -2.22. The van der Waals surface area contributed by atoms with Gasteiger partial charge in [-0.25, -0.2) is 9.97 Å². The van der Waals surface area contributed by atoms with Gasteiger partial charge in [0.15, 0.2) is 0 Å². The molecule has 0 bridgehead atoms. The Morgan fingerprint density at radius 1 is 1.21 bits per heavy atom. The number of anilines is 2. The number of thiophene rings is 1. The summed E-state index contributed by atoms with van der Waals surface area (Å²) in [5, 5.41) is 8.06. The second kappa shape index (κ2) is 7.18. The molecule has 4 aromatic rings. The quantitative estimate of drug-likeness (QED) is 0.532. The van der Waals surface area contributed by atoms with E-state index in [9.17, 15) is 0 Å². The molecule has 3 aromatic heterocycles. The van der Waals surface area contributed by atoms with Crippen LogP contribution in [0.4, 0.5) is 11.5 Å². The lowest BCUT2D eigenvalue weighted by atomic mass is 10.1. The Labute approximate surface area is 166 Å². The number of aromatic nitrogens is 3. The van der Waals surface area contributed by atoms with Crippen LogP contribution in [-0.4, -0.2) is 21.5 Å². The molecule has 0 atom stereocenters. The molecule has 0 radical (unpaired) electrons. The third kappa shape index (κ3) is 3.19. The Morgan fingerprint density at radius 2 is 2.18 bits per heavy atom. The van der Waals surface area contributed by atoms with Crippen molar-refractivity contribution in [1.82, 2.24) is 20.3 Å². The van der Waals surface area contributed by atoms with E-state index in [0.29, 0.717) is 0 Å². The number of aryl methyl sites for hydroxylation is 1. The Balaban J connectivity index is 1.45. The normalized spacial score (nSPS) is 13.3. The lowest BCUT2D eigenvalue weighted by Gasteiger charge is -2.14. The van der Waals surface area contributed by atoms with Crippen molar-refractivity contribution in [2.45, 2.75) is 19.9 Å². The summed E-state index contributed by atoms with van der Waals surface area (Å²) in [5.41, 5.74) is 3.38. The third-order valence-electron chi connectivity index (χ3n) is 4.81. The molecule has 7 heteroatoms. The van der Waals surface area contributed by atoms with E-state index in [2.05, 4.69) is 31.7 Å². The van der Waals surface area contributed by atoms with Crippen molar-refractivity contribution in [3.8, 4) is 11.5 Å². The largest absolute Gasteiger partial charge is 0.455 e. The summed E-state index contributed by atoms with van der Waals surface area (Å²) >= 11 is 1.75. The maximum atomic E-state index is 5.93. The van der Waals surface area contributed by atoms with Crippen molar-refractivity contribution in [2.24, 2.45) is 0 Å². The second-order valence-electron chi connectivity index (χ2n) is 6.73. The van der Waals surface area contributed by atoms with E-state index in [-0.39, 0.29) is 0 Å². The summed E-state index contributed by atoms with van der Waals surface area (Å²) in [6.07, 6.45) is 6.08. The Bertz CT molecular complexity index is 1140. The molecule has 28 heavy (non-hydrogen) atoms. The molecule has 1 aromatic carbocycles. The number of ether oxygens (including phenoxy) is 1. The monoisotopic (exact) mass is 389 g/mol. The van der Waals surface area contributed by atoms with E-state index in [4.69, 9.17) is 4.74 Å². The minimum absolute atomic E-state index is 0.724.